The topological polar surface area (TPSA) is 0 Å². The van der Waals surface area contributed by atoms with Crippen LogP contribution in [0.2, 0.25) is 0 Å². The third-order valence-corrected chi connectivity index (χ3v) is 4.27. The van der Waals surface area contributed by atoms with Crippen LogP contribution in [-0.4, -0.2) is 0 Å². The molecule has 1 aliphatic carbocycles. The van der Waals surface area contributed by atoms with Gasteiger partial charge in [-0.1, -0.05) is 45.3 Å². The molecular formula is C15H28. The lowest BCUT2D eigenvalue weighted by Gasteiger charge is -2.35. The lowest BCUT2D eigenvalue weighted by atomic mass is 9.71. The molecule has 0 nitrogen and oxygen atoms in total. The Balaban J connectivity index is 2.64. The van der Waals surface area contributed by atoms with Gasteiger partial charge in [-0.05, 0) is 50.4 Å². The molecule has 0 spiro atoms. The van der Waals surface area contributed by atoms with E-state index in [1.807, 2.05) is 0 Å². The van der Waals surface area contributed by atoms with Crippen molar-refractivity contribution in [2.45, 2.75) is 73.1 Å². The van der Waals surface area contributed by atoms with E-state index in [1.54, 1.807) is 11.1 Å². The van der Waals surface area contributed by atoms with E-state index in [-0.39, 0.29) is 0 Å². The van der Waals surface area contributed by atoms with Gasteiger partial charge in [0.2, 0.25) is 0 Å². The second kappa shape index (κ2) is 5.18. The molecular weight excluding hydrogens is 180 g/mol. The van der Waals surface area contributed by atoms with Crippen LogP contribution in [0.5, 0.6) is 0 Å². The quantitative estimate of drug-likeness (QED) is 0.547. The summed E-state index contributed by atoms with van der Waals surface area (Å²) < 4.78 is 0. The van der Waals surface area contributed by atoms with Crippen molar-refractivity contribution in [2.24, 2.45) is 11.3 Å². The summed E-state index contributed by atoms with van der Waals surface area (Å²) in [6.45, 7) is 11.9. The molecule has 0 fully saturated rings. The van der Waals surface area contributed by atoms with Gasteiger partial charge in [0.05, 0.1) is 0 Å². The van der Waals surface area contributed by atoms with Gasteiger partial charge in [0.1, 0.15) is 0 Å². The van der Waals surface area contributed by atoms with Gasteiger partial charge < -0.3 is 0 Å². The minimum atomic E-state index is 0.482. The Morgan fingerprint density at radius 2 is 2.00 bits per heavy atom. The van der Waals surface area contributed by atoms with Gasteiger partial charge >= 0.3 is 0 Å². The maximum absolute atomic E-state index is 2.43. The molecule has 0 aromatic rings. The van der Waals surface area contributed by atoms with Crippen molar-refractivity contribution in [3.8, 4) is 0 Å². The molecule has 0 heterocycles. The van der Waals surface area contributed by atoms with Crippen LogP contribution in [0.15, 0.2) is 11.1 Å². The molecule has 0 bridgehead atoms. The van der Waals surface area contributed by atoms with Crippen molar-refractivity contribution in [2.75, 3.05) is 0 Å². The van der Waals surface area contributed by atoms with E-state index in [4.69, 9.17) is 0 Å². The van der Waals surface area contributed by atoms with Crippen molar-refractivity contribution < 1.29 is 0 Å². The lowest BCUT2D eigenvalue weighted by molar-refractivity contribution is 0.343. The summed E-state index contributed by atoms with van der Waals surface area (Å²) in [6.07, 6.45) is 8.18. The van der Waals surface area contributed by atoms with Crippen LogP contribution in [0, 0.1) is 11.3 Å². The second-order valence-electron chi connectivity index (χ2n) is 6.05. The van der Waals surface area contributed by atoms with Gasteiger partial charge in [-0.25, -0.2) is 0 Å². The first kappa shape index (κ1) is 12.8. The second-order valence-corrected chi connectivity index (χ2v) is 6.05. The van der Waals surface area contributed by atoms with Crippen molar-refractivity contribution in [1.82, 2.24) is 0 Å². The highest BCUT2D eigenvalue weighted by Gasteiger charge is 2.27. The Bertz CT molecular complexity index is 232. The molecule has 88 valence electrons. The Morgan fingerprint density at radius 3 is 2.53 bits per heavy atom. The fourth-order valence-corrected chi connectivity index (χ4v) is 2.82. The molecule has 0 heteroatoms. The summed E-state index contributed by atoms with van der Waals surface area (Å²) in [7, 11) is 0. The fraction of sp³-hybridized carbons (Fsp3) is 0.867. The molecule has 15 heavy (non-hydrogen) atoms. The summed E-state index contributed by atoms with van der Waals surface area (Å²) in [5, 5.41) is 0. The third kappa shape index (κ3) is 3.36. The number of allylic oxidation sites excluding steroid dienone is 2. The predicted octanol–water partition coefficient (Wildman–Crippen LogP) is 5.34. The van der Waals surface area contributed by atoms with Gasteiger partial charge in [0.15, 0.2) is 0 Å². The summed E-state index contributed by atoms with van der Waals surface area (Å²) in [6, 6.07) is 0. The van der Waals surface area contributed by atoms with Crippen LogP contribution < -0.4 is 0 Å². The smallest absolute Gasteiger partial charge is 0.0142 e. The molecule has 0 radical (unpaired) electrons. The SMILES string of the molecule is CCC(C)CCC1=C(C)CCCC1(C)C. The monoisotopic (exact) mass is 208 g/mol. The van der Waals surface area contributed by atoms with Crippen molar-refractivity contribution in [3.05, 3.63) is 11.1 Å². The molecule has 0 aliphatic heterocycles. The van der Waals surface area contributed by atoms with Crippen LogP contribution in [0.4, 0.5) is 0 Å². The van der Waals surface area contributed by atoms with Crippen LogP contribution in [0.3, 0.4) is 0 Å². The Labute approximate surface area is 96.2 Å². The molecule has 0 N–H and O–H groups in total. The molecule has 0 aromatic carbocycles. The summed E-state index contributed by atoms with van der Waals surface area (Å²) in [5.74, 6) is 0.892. The molecule has 1 rings (SSSR count). The van der Waals surface area contributed by atoms with E-state index in [9.17, 15) is 0 Å². The average molecular weight is 208 g/mol. The summed E-state index contributed by atoms with van der Waals surface area (Å²) >= 11 is 0. The molecule has 0 amide bonds. The highest BCUT2D eigenvalue weighted by Crippen LogP contribution is 2.42. The number of hydrogen-bond acceptors (Lipinski definition) is 0. The highest BCUT2D eigenvalue weighted by atomic mass is 14.3. The predicted molar refractivity (Wildman–Crippen MR) is 69.0 cm³/mol. The fourth-order valence-electron chi connectivity index (χ4n) is 2.82. The first-order chi connectivity index (χ1) is 6.97. The standard InChI is InChI=1S/C15H28/c1-6-12(2)9-10-14-13(3)8-7-11-15(14,4)5/h12H,6-11H2,1-5H3. The first-order valence-corrected chi connectivity index (χ1v) is 6.66. The zero-order chi connectivity index (χ0) is 11.5. The van der Waals surface area contributed by atoms with Crippen LogP contribution in [0.25, 0.3) is 0 Å². The van der Waals surface area contributed by atoms with E-state index in [0.717, 1.165) is 5.92 Å². The van der Waals surface area contributed by atoms with E-state index in [1.165, 1.54) is 38.5 Å². The maximum atomic E-state index is 2.43. The lowest BCUT2D eigenvalue weighted by Crippen LogP contribution is -2.20. The van der Waals surface area contributed by atoms with E-state index in [0.29, 0.717) is 5.41 Å². The van der Waals surface area contributed by atoms with Gasteiger partial charge in [0.25, 0.3) is 0 Å². The Hall–Kier alpha value is -0.260. The largest absolute Gasteiger partial charge is 0.0736 e. The molecule has 0 aromatic heterocycles. The number of hydrogen-bond donors (Lipinski definition) is 0. The third-order valence-electron chi connectivity index (χ3n) is 4.27. The molecule has 1 unspecified atom stereocenters. The highest BCUT2D eigenvalue weighted by molar-refractivity contribution is 5.22. The van der Waals surface area contributed by atoms with Gasteiger partial charge in [-0.3, -0.25) is 0 Å². The normalized spacial score (nSPS) is 23.0. The van der Waals surface area contributed by atoms with Gasteiger partial charge in [-0.2, -0.15) is 0 Å². The zero-order valence-corrected chi connectivity index (χ0v) is 11.3. The average Bonchev–Trinajstić information content (AvgIpc) is 2.15. The van der Waals surface area contributed by atoms with E-state index in [2.05, 4.69) is 34.6 Å². The summed E-state index contributed by atoms with van der Waals surface area (Å²) in [4.78, 5) is 0. The number of rotatable bonds is 4. The van der Waals surface area contributed by atoms with Crippen molar-refractivity contribution in [1.29, 1.82) is 0 Å². The molecule has 0 saturated carbocycles. The molecule has 1 aliphatic rings. The van der Waals surface area contributed by atoms with Crippen molar-refractivity contribution >= 4 is 0 Å². The van der Waals surface area contributed by atoms with Crippen molar-refractivity contribution in [3.63, 3.8) is 0 Å². The van der Waals surface area contributed by atoms with Crippen LogP contribution in [-0.2, 0) is 0 Å². The minimum Gasteiger partial charge on any atom is -0.0736 e. The van der Waals surface area contributed by atoms with Crippen LogP contribution in [0.1, 0.15) is 73.1 Å². The van der Waals surface area contributed by atoms with E-state index < -0.39 is 0 Å². The molecule has 1 atom stereocenters. The van der Waals surface area contributed by atoms with E-state index >= 15 is 0 Å². The minimum absolute atomic E-state index is 0.482. The Morgan fingerprint density at radius 1 is 1.33 bits per heavy atom. The van der Waals surface area contributed by atoms with Gasteiger partial charge in [-0.15, -0.1) is 0 Å². The zero-order valence-electron chi connectivity index (χ0n) is 11.3. The Kier molecular flexibility index (Phi) is 4.43. The molecule has 0 saturated heterocycles. The van der Waals surface area contributed by atoms with Crippen LogP contribution >= 0.6 is 0 Å². The maximum Gasteiger partial charge on any atom is -0.0142 e. The van der Waals surface area contributed by atoms with Gasteiger partial charge in [0, 0.05) is 0 Å². The summed E-state index contributed by atoms with van der Waals surface area (Å²) in [5.41, 5.74) is 3.94. The first-order valence-electron chi connectivity index (χ1n) is 6.66.